The van der Waals surface area contributed by atoms with Crippen molar-refractivity contribution in [2.75, 3.05) is 0 Å². The Balaban J connectivity index is 1.48. The van der Waals surface area contributed by atoms with Crippen LogP contribution in [-0.2, 0) is 23.8 Å². The molecule has 3 aromatic rings. The van der Waals surface area contributed by atoms with Crippen LogP contribution in [0.4, 0.5) is 13.2 Å². The molecular formula is C24H21ClF3N5O2. The maximum absolute atomic E-state index is 13.5. The summed E-state index contributed by atoms with van der Waals surface area (Å²) in [5, 5.41) is 9.38. The summed E-state index contributed by atoms with van der Waals surface area (Å²) in [5.41, 5.74) is 0.365. The van der Waals surface area contributed by atoms with Gasteiger partial charge in [0, 0.05) is 24.3 Å². The maximum Gasteiger partial charge on any atom is 0.435 e. The Hall–Kier alpha value is -3.40. The highest BCUT2D eigenvalue weighted by atomic mass is 35.5. The summed E-state index contributed by atoms with van der Waals surface area (Å²) in [5.74, 6) is -1.65. The first-order valence-electron chi connectivity index (χ1n) is 11.2. The number of benzene rings is 1. The lowest BCUT2D eigenvalue weighted by molar-refractivity contribution is -0.141. The highest BCUT2D eigenvalue weighted by molar-refractivity contribution is 6.32. The summed E-state index contributed by atoms with van der Waals surface area (Å²) >= 11 is 6.14. The van der Waals surface area contributed by atoms with Gasteiger partial charge in [-0.05, 0) is 48.9 Å². The van der Waals surface area contributed by atoms with E-state index in [-0.39, 0.29) is 28.5 Å². The molecule has 0 saturated heterocycles. The van der Waals surface area contributed by atoms with Crippen molar-refractivity contribution in [3.63, 3.8) is 0 Å². The van der Waals surface area contributed by atoms with Gasteiger partial charge >= 0.3 is 6.18 Å². The number of nitrogens with zero attached hydrogens (tertiary/aromatic N) is 3. The molecule has 2 atom stereocenters. The zero-order valence-electron chi connectivity index (χ0n) is 18.3. The zero-order valence-corrected chi connectivity index (χ0v) is 19.1. The van der Waals surface area contributed by atoms with Crippen molar-refractivity contribution in [3.8, 4) is 5.82 Å². The van der Waals surface area contributed by atoms with Crippen molar-refractivity contribution in [1.82, 2.24) is 25.4 Å². The standard InChI is InChI=1S/C24H21ClF3N5O2/c25-17-6-3-9-29-21(17)33-19(12-20(32-33)24(26,27)28)23(35)31-18-11-14-5-2-1-4-13(14)10-16(18)22(34)30-15-7-8-15/h1-6,9,12,15-16,18H,7-8,10-11H2,(H,30,34)(H,31,35)/t16-,18+/m0/s1. The third kappa shape index (κ3) is 4.88. The minimum Gasteiger partial charge on any atom is -0.353 e. The number of amides is 2. The second-order valence-corrected chi connectivity index (χ2v) is 9.19. The minimum absolute atomic E-state index is 0.0339. The largest absolute Gasteiger partial charge is 0.435 e. The molecule has 0 aliphatic heterocycles. The normalized spacial score (nSPS) is 19.7. The lowest BCUT2D eigenvalue weighted by Gasteiger charge is -2.33. The highest BCUT2D eigenvalue weighted by Gasteiger charge is 2.39. The van der Waals surface area contributed by atoms with E-state index in [0.717, 1.165) is 28.7 Å². The number of carbonyl (C=O) groups excluding carboxylic acids is 2. The predicted molar refractivity (Wildman–Crippen MR) is 121 cm³/mol. The molecule has 0 radical (unpaired) electrons. The molecule has 7 nitrogen and oxygen atoms in total. The molecule has 5 rings (SSSR count). The van der Waals surface area contributed by atoms with Crippen LogP contribution in [0, 0.1) is 5.92 Å². The monoisotopic (exact) mass is 503 g/mol. The molecule has 1 aromatic carbocycles. The fourth-order valence-electron chi connectivity index (χ4n) is 4.30. The van der Waals surface area contributed by atoms with E-state index in [1.54, 1.807) is 0 Å². The molecule has 2 heterocycles. The third-order valence-corrected chi connectivity index (χ3v) is 6.53. The van der Waals surface area contributed by atoms with Gasteiger partial charge in [-0.1, -0.05) is 35.9 Å². The summed E-state index contributed by atoms with van der Waals surface area (Å²) in [7, 11) is 0. The van der Waals surface area contributed by atoms with Crippen LogP contribution in [0.25, 0.3) is 5.82 Å². The predicted octanol–water partition coefficient (Wildman–Crippen LogP) is 3.73. The Morgan fingerprint density at radius 1 is 1.03 bits per heavy atom. The van der Waals surface area contributed by atoms with Gasteiger partial charge in [0.1, 0.15) is 5.69 Å². The van der Waals surface area contributed by atoms with Crippen LogP contribution in [0.3, 0.4) is 0 Å². The quantitative estimate of drug-likeness (QED) is 0.555. The van der Waals surface area contributed by atoms with Crippen molar-refractivity contribution >= 4 is 23.4 Å². The van der Waals surface area contributed by atoms with Crippen LogP contribution in [0.1, 0.15) is 40.2 Å². The number of pyridine rings is 1. The molecule has 1 fully saturated rings. The third-order valence-electron chi connectivity index (χ3n) is 6.23. The lowest BCUT2D eigenvalue weighted by atomic mass is 9.79. The zero-order chi connectivity index (χ0) is 24.7. The Bertz CT molecular complexity index is 1290. The molecule has 2 aliphatic rings. The molecule has 35 heavy (non-hydrogen) atoms. The Morgan fingerprint density at radius 2 is 1.74 bits per heavy atom. The topological polar surface area (TPSA) is 88.9 Å². The molecule has 0 spiro atoms. The Morgan fingerprint density at radius 3 is 2.40 bits per heavy atom. The van der Waals surface area contributed by atoms with E-state index in [2.05, 4.69) is 20.7 Å². The van der Waals surface area contributed by atoms with Crippen LogP contribution in [0.15, 0.2) is 48.7 Å². The lowest BCUT2D eigenvalue weighted by Crippen LogP contribution is -2.51. The molecule has 0 bridgehead atoms. The van der Waals surface area contributed by atoms with Gasteiger partial charge in [-0.2, -0.15) is 18.3 Å². The van der Waals surface area contributed by atoms with E-state index in [1.807, 2.05) is 24.3 Å². The van der Waals surface area contributed by atoms with Gasteiger partial charge in [0.2, 0.25) is 5.91 Å². The number of nitrogens with one attached hydrogen (secondary N) is 2. The summed E-state index contributed by atoms with van der Waals surface area (Å²) in [6.07, 6.45) is -0.827. The van der Waals surface area contributed by atoms with Gasteiger partial charge in [0.15, 0.2) is 11.5 Å². The van der Waals surface area contributed by atoms with Gasteiger partial charge in [-0.15, -0.1) is 0 Å². The average Bonchev–Trinajstić information content (AvgIpc) is 3.51. The average molecular weight is 504 g/mol. The van der Waals surface area contributed by atoms with Crippen molar-refractivity contribution in [2.45, 2.75) is 43.9 Å². The molecule has 11 heteroatoms. The molecule has 2 amide bonds. The molecule has 0 unspecified atom stereocenters. The molecular weight excluding hydrogens is 483 g/mol. The number of hydrogen-bond acceptors (Lipinski definition) is 4. The molecule has 1 saturated carbocycles. The van der Waals surface area contributed by atoms with E-state index in [0.29, 0.717) is 18.9 Å². The number of fused-ring (bicyclic) bond motifs is 1. The first-order valence-corrected chi connectivity index (χ1v) is 11.5. The number of hydrogen-bond donors (Lipinski definition) is 2. The van der Waals surface area contributed by atoms with Crippen molar-refractivity contribution in [1.29, 1.82) is 0 Å². The summed E-state index contributed by atoms with van der Waals surface area (Å²) < 4.78 is 41.2. The summed E-state index contributed by atoms with van der Waals surface area (Å²) in [6.45, 7) is 0. The van der Waals surface area contributed by atoms with Gasteiger partial charge in [-0.25, -0.2) is 9.67 Å². The molecule has 182 valence electrons. The van der Waals surface area contributed by atoms with Crippen molar-refractivity contribution < 1.29 is 22.8 Å². The van der Waals surface area contributed by atoms with Crippen LogP contribution in [0.5, 0.6) is 0 Å². The highest BCUT2D eigenvalue weighted by Crippen LogP contribution is 2.31. The molecule has 2 aromatic heterocycles. The van der Waals surface area contributed by atoms with Crippen LogP contribution >= 0.6 is 11.6 Å². The van der Waals surface area contributed by atoms with Crippen LogP contribution in [-0.4, -0.2) is 38.7 Å². The van der Waals surface area contributed by atoms with Gasteiger partial charge < -0.3 is 10.6 Å². The first-order chi connectivity index (χ1) is 16.7. The number of aromatic nitrogens is 3. The van der Waals surface area contributed by atoms with E-state index < -0.39 is 29.7 Å². The van der Waals surface area contributed by atoms with E-state index in [4.69, 9.17) is 11.6 Å². The minimum atomic E-state index is -4.78. The second-order valence-electron chi connectivity index (χ2n) is 8.78. The number of carbonyl (C=O) groups is 2. The van der Waals surface area contributed by atoms with Crippen molar-refractivity contribution in [2.24, 2.45) is 5.92 Å². The van der Waals surface area contributed by atoms with Gasteiger partial charge in [0.05, 0.1) is 10.9 Å². The number of halogens is 4. The Labute approximate surface area is 203 Å². The number of alkyl halides is 3. The fourth-order valence-corrected chi connectivity index (χ4v) is 4.50. The first kappa shape index (κ1) is 23.3. The van der Waals surface area contributed by atoms with Crippen LogP contribution in [0.2, 0.25) is 5.02 Å². The number of rotatable bonds is 5. The van der Waals surface area contributed by atoms with E-state index in [9.17, 15) is 22.8 Å². The van der Waals surface area contributed by atoms with E-state index in [1.165, 1.54) is 18.3 Å². The van der Waals surface area contributed by atoms with E-state index >= 15 is 0 Å². The van der Waals surface area contributed by atoms with Crippen LogP contribution < -0.4 is 10.6 Å². The maximum atomic E-state index is 13.5. The van der Waals surface area contributed by atoms with Gasteiger partial charge in [-0.3, -0.25) is 9.59 Å². The Kier molecular flexibility index (Phi) is 6.00. The van der Waals surface area contributed by atoms with Gasteiger partial charge in [0.25, 0.3) is 5.91 Å². The summed E-state index contributed by atoms with van der Waals surface area (Å²) in [6, 6.07) is 10.8. The molecule has 2 N–H and O–H groups in total. The smallest absolute Gasteiger partial charge is 0.353 e. The van der Waals surface area contributed by atoms with Crippen molar-refractivity contribution in [3.05, 3.63) is 76.2 Å². The molecule has 2 aliphatic carbocycles. The summed E-state index contributed by atoms with van der Waals surface area (Å²) in [4.78, 5) is 30.3. The fraction of sp³-hybridized carbons (Fsp3) is 0.333. The SMILES string of the molecule is O=C(N[C@@H]1Cc2ccccc2C[C@@H]1C(=O)NC1CC1)c1cc(C(F)(F)F)nn1-c1ncccc1Cl. The second kappa shape index (κ2) is 8.99.